The molecule has 1 heteroatoms. The highest BCUT2D eigenvalue weighted by atomic mass is 31.0. The molecule has 0 radical (unpaired) electrons. The van der Waals surface area contributed by atoms with Crippen LogP contribution in [0.1, 0.15) is 109 Å². The van der Waals surface area contributed by atoms with E-state index in [1.807, 2.05) is 0 Å². The summed E-state index contributed by atoms with van der Waals surface area (Å²) in [5, 5.41) is 1.46. The van der Waals surface area contributed by atoms with Gasteiger partial charge in [-0.25, -0.2) is 0 Å². The minimum absolute atomic E-state index is 0.686. The van der Waals surface area contributed by atoms with Crippen molar-refractivity contribution >= 4 is 14.5 Å². The van der Waals surface area contributed by atoms with Crippen LogP contribution in [0.25, 0.3) is 33.4 Å². The summed E-state index contributed by atoms with van der Waals surface area (Å²) in [6, 6.07) is 26.1. The van der Waals surface area contributed by atoms with Crippen molar-refractivity contribution in [1.82, 2.24) is 0 Å². The van der Waals surface area contributed by atoms with Gasteiger partial charge in [-0.05, 0) is 115 Å². The quantitative estimate of drug-likeness (QED) is 0.214. The minimum atomic E-state index is 0.686. The highest BCUT2D eigenvalue weighted by molar-refractivity contribution is 7.28. The summed E-state index contributed by atoms with van der Waals surface area (Å²) in [7, 11) is 3.30. The SMILES string of the molecule is Cc1cc(C)cc(-c2cccc(-c3cc(C)cc(C)c3)c2-c2ccc(C3CCCCC3)c(C3CCCCC3)c2P)c1. The molecule has 2 saturated carbocycles. The van der Waals surface area contributed by atoms with E-state index in [0.29, 0.717) is 5.92 Å². The molecule has 0 aliphatic heterocycles. The van der Waals surface area contributed by atoms with Crippen molar-refractivity contribution < 1.29 is 0 Å². The Kier molecular flexibility index (Phi) is 8.51. The van der Waals surface area contributed by atoms with E-state index in [2.05, 4.69) is 104 Å². The van der Waals surface area contributed by atoms with E-state index in [1.54, 1.807) is 11.1 Å². The van der Waals surface area contributed by atoms with E-state index >= 15 is 0 Å². The number of hydrogen-bond acceptors (Lipinski definition) is 0. The van der Waals surface area contributed by atoms with E-state index < -0.39 is 0 Å². The van der Waals surface area contributed by atoms with Crippen LogP contribution in [0, 0.1) is 27.7 Å². The van der Waals surface area contributed by atoms with Gasteiger partial charge < -0.3 is 0 Å². The molecule has 6 rings (SSSR count). The summed E-state index contributed by atoms with van der Waals surface area (Å²) >= 11 is 0. The number of rotatable bonds is 5. The predicted octanol–water partition coefficient (Wildman–Crippen LogP) is 11.5. The largest absolute Gasteiger partial charge is 0.105 e. The summed E-state index contributed by atoms with van der Waals surface area (Å²) in [6.07, 6.45) is 13.7. The first-order chi connectivity index (χ1) is 19.9. The zero-order valence-electron chi connectivity index (χ0n) is 25.7. The van der Waals surface area contributed by atoms with Crippen LogP contribution in [0.2, 0.25) is 0 Å². The lowest BCUT2D eigenvalue weighted by atomic mass is 9.74. The van der Waals surface area contributed by atoms with Gasteiger partial charge in [0.05, 0.1) is 0 Å². The number of aryl methyl sites for hydroxylation is 4. The smallest absolute Gasteiger partial charge is 0.00205 e. The molecule has 1 unspecified atom stereocenters. The highest BCUT2D eigenvalue weighted by Gasteiger charge is 2.28. The fraction of sp³-hybridized carbons (Fsp3) is 0.400. The zero-order valence-corrected chi connectivity index (χ0v) is 26.8. The summed E-state index contributed by atoms with van der Waals surface area (Å²) in [5.41, 5.74) is 16.8. The molecule has 4 aromatic carbocycles. The van der Waals surface area contributed by atoms with Crippen molar-refractivity contribution in [3.63, 3.8) is 0 Å². The average Bonchev–Trinajstić information content (AvgIpc) is 2.96. The van der Waals surface area contributed by atoms with Crippen LogP contribution in [0.3, 0.4) is 0 Å². The second-order valence-corrected chi connectivity index (χ2v) is 13.8. The maximum absolute atomic E-state index is 3.30. The van der Waals surface area contributed by atoms with E-state index in [1.165, 1.54) is 125 Å². The van der Waals surface area contributed by atoms with Crippen LogP contribution in [0.4, 0.5) is 0 Å². The monoisotopic (exact) mass is 558 g/mol. The third-order valence-electron chi connectivity index (χ3n) is 9.78. The Bertz CT molecular complexity index is 1440. The molecule has 1 atom stereocenters. The van der Waals surface area contributed by atoms with Gasteiger partial charge in [0.1, 0.15) is 0 Å². The Morgan fingerprint density at radius 1 is 0.512 bits per heavy atom. The second kappa shape index (κ2) is 12.3. The van der Waals surface area contributed by atoms with Gasteiger partial charge in [-0.1, -0.05) is 128 Å². The lowest BCUT2D eigenvalue weighted by molar-refractivity contribution is 0.420. The van der Waals surface area contributed by atoms with Crippen LogP contribution in [-0.2, 0) is 0 Å². The van der Waals surface area contributed by atoms with Gasteiger partial charge in [-0.15, -0.1) is 9.24 Å². The van der Waals surface area contributed by atoms with Crippen molar-refractivity contribution in [3.8, 4) is 33.4 Å². The van der Waals surface area contributed by atoms with Crippen LogP contribution in [-0.4, -0.2) is 0 Å². The third kappa shape index (κ3) is 5.96. The van der Waals surface area contributed by atoms with E-state index in [4.69, 9.17) is 0 Å². The standard InChI is InChI=1S/C40H47P/c1-26-20-27(2)23-32(22-26)34-16-11-17-35(33-24-28(3)21-29(4)25-33)39(34)37-19-18-36(30-12-7-5-8-13-30)38(40(37)41)31-14-9-6-10-15-31/h11,16-25,30-31H,5-10,12-15,41H2,1-4H3. The van der Waals surface area contributed by atoms with E-state index in [0.717, 1.165) is 5.92 Å². The van der Waals surface area contributed by atoms with Crippen LogP contribution in [0.5, 0.6) is 0 Å². The Morgan fingerprint density at radius 3 is 1.46 bits per heavy atom. The summed E-state index contributed by atoms with van der Waals surface area (Å²) in [5.74, 6) is 1.41. The molecule has 0 N–H and O–H groups in total. The zero-order chi connectivity index (χ0) is 28.5. The second-order valence-electron chi connectivity index (χ2n) is 13.2. The Balaban J connectivity index is 1.63. The summed E-state index contributed by atoms with van der Waals surface area (Å²) in [6.45, 7) is 8.91. The molecule has 0 heterocycles. The molecule has 0 spiro atoms. The van der Waals surface area contributed by atoms with Gasteiger partial charge in [0.2, 0.25) is 0 Å². The molecular weight excluding hydrogens is 511 g/mol. The summed E-state index contributed by atoms with van der Waals surface area (Å²) < 4.78 is 0. The van der Waals surface area contributed by atoms with Crippen molar-refractivity contribution in [1.29, 1.82) is 0 Å². The first-order valence-electron chi connectivity index (χ1n) is 16.1. The molecular formula is C40H47P. The molecule has 2 aliphatic carbocycles. The molecule has 41 heavy (non-hydrogen) atoms. The lowest BCUT2D eigenvalue weighted by Gasteiger charge is -2.32. The fourth-order valence-corrected chi connectivity index (χ4v) is 8.71. The van der Waals surface area contributed by atoms with Crippen molar-refractivity contribution in [2.24, 2.45) is 0 Å². The van der Waals surface area contributed by atoms with Crippen LogP contribution >= 0.6 is 9.24 Å². The normalized spacial score (nSPS) is 16.7. The van der Waals surface area contributed by atoms with Gasteiger partial charge in [0.15, 0.2) is 0 Å². The Labute approximate surface area is 251 Å². The molecule has 0 amide bonds. The Morgan fingerprint density at radius 2 is 0.976 bits per heavy atom. The molecule has 0 nitrogen and oxygen atoms in total. The topological polar surface area (TPSA) is 0 Å². The first-order valence-corrected chi connectivity index (χ1v) is 16.7. The summed E-state index contributed by atoms with van der Waals surface area (Å²) in [4.78, 5) is 0. The maximum atomic E-state index is 3.30. The van der Waals surface area contributed by atoms with E-state index in [9.17, 15) is 0 Å². The van der Waals surface area contributed by atoms with Gasteiger partial charge in [-0.2, -0.15) is 0 Å². The number of benzene rings is 4. The lowest BCUT2D eigenvalue weighted by Crippen LogP contribution is -2.20. The average molecular weight is 559 g/mol. The highest BCUT2D eigenvalue weighted by Crippen LogP contribution is 2.46. The molecule has 0 saturated heterocycles. The molecule has 2 fully saturated rings. The molecule has 0 aromatic heterocycles. The van der Waals surface area contributed by atoms with Gasteiger partial charge >= 0.3 is 0 Å². The number of hydrogen-bond donors (Lipinski definition) is 0. The minimum Gasteiger partial charge on any atom is -0.105 e. The van der Waals surface area contributed by atoms with Gasteiger partial charge in [-0.3, -0.25) is 0 Å². The van der Waals surface area contributed by atoms with Crippen molar-refractivity contribution in [2.75, 3.05) is 0 Å². The predicted molar refractivity (Wildman–Crippen MR) is 183 cm³/mol. The first kappa shape index (κ1) is 28.4. The van der Waals surface area contributed by atoms with Crippen LogP contribution in [0.15, 0.2) is 66.7 Å². The third-order valence-corrected chi connectivity index (χ3v) is 10.4. The molecule has 2 aliphatic rings. The van der Waals surface area contributed by atoms with Crippen molar-refractivity contribution in [2.45, 2.75) is 104 Å². The molecule has 4 aromatic rings. The van der Waals surface area contributed by atoms with Crippen LogP contribution < -0.4 is 5.30 Å². The van der Waals surface area contributed by atoms with Crippen molar-refractivity contribution in [3.05, 3.63) is 100 Å². The molecule has 0 bridgehead atoms. The van der Waals surface area contributed by atoms with Gasteiger partial charge in [0.25, 0.3) is 0 Å². The van der Waals surface area contributed by atoms with Gasteiger partial charge in [0, 0.05) is 0 Å². The Hall–Kier alpha value is -2.69. The fourth-order valence-electron chi connectivity index (χ4n) is 8.07. The molecule has 212 valence electrons. The maximum Gasteiger partial charge on any atom is -0.00205 e. The van der Waals surface area contributed by atoms with E-state index in [-0.39, 0.29) is 0 Å².